The molecule has 1 saturated heterocycles. The predicted octanol–water partition coefficient (Wildman–Crippen LogP) is 0.326. The zero-order chi connectivity index (χ0) is 14.5. The molecule has 2 aliphatic rings. The zero-order valence-corrected chi connectivity index (χ0v) is 16.4. The molecule has 0 aliphatic carbocycles. The van der Waals surface area contributed by atoms with Crippen molar-refractivity contribution in [3.8, 4) is 10.5 Å². The van der Waals surface area contributed by atoms with Gasteiger partial charge in [0, 0.05) is 0 Å². The predicted molar refractivity (Wildman–Crippen MR) is 83.8 cm³/mol. The molecule has 0 aromatic carbocycles. The third kappa shape index (κ3) is 1.97. The van der Waals surface area contributed by atoms with Crippen molar-refractivity contribution >= 4 is 15.9 Å². The molecule has 2 atom stereocenters. The first-order chi connectivity index (χ1) is 8.78. The standard InChI is InChI=1S/C16H28INS/c1-8-17-15(6)16(13(2)3,14(4)5)18(15,7)9-10-19-11-12-19/h10,13-14H,8-9H2,1-7H3/t15-,18?/m1/s1. The van der Waals surface area contributed by atoms with Crippen LogP contribution in [0.5, 0.6) is 0 Å². The third-order valence-corrected chi connectivity index (χ3v) is 10.5. The van der Waals surface area contributed by atoms with Gasteiger partial charge in [0.2, 0.25) is 0 Å². The van der Waals surface area contributed by atoms with Crippen molar-refractivity contribution in [3.05, 3.63) is 0 Å². The summed E-state index contributed by atoms with van der Waals surface area (Å²) in [6.07, 6.45) is 0. The third-order valence-electron chi connectivity index (χ3n) is 5.40. The number of halogens is 1. The monoisotopic (exact) mass is 393 g/mol. The minimum atomic E-state index is 0.203. The van der Waals surface area contributed by atoms with E-state index in [9.17, 15) is 0 Å². The second-order valence-electron chi connectivity index (χ2n) is 6.57. The van der Waals surface area contributed by atoms with Crippen LogP contribution in [0.2, 0.25) is 0 Å². The summed E-state index contributed by atoms with van der Waals surface area (Å²) in [4.78, 5) is 0. The van der Waals surface area contributed by atoms with Crippen LogP contribution in [-0.4, -0.2) is 37.0 Å². The van der Waals surface area contributed by atoms with Gasteiger partial charge in [0.05, 0.1) is 0 Å². The molecule has 0 spiro atoms. The van der Waals surface area contributed by atoms with Gasteiger partial charge in [0.15, 0.2) is 0 Å². The summed E-state index contributed by atoms with van der Waals surface area (Å²) in [5.41, 5.74) is 0.478. The van der Waals surface area contributed by atoms with Gasteiger partial charge in [-0.05, 0) is 0 Å². The van der Waals surface area contributed by atoms with Crippen molar-refractivity contribution < 1.29 is 25.7 Å². The van der Waals surface area contributed by atoms with Crippen LogP contribution in [0.4, 0.5) is 0 Å². The molecule has 0 aromatic heterocycles. The van der Waals surface area contributed by atoms with Crippen LogP contribution in [0.25, 0.3) is 0 Å². The fourth-order valence-electron chi connectivity index (χ4n) is 4.90. The molecule has 1 unspecified atom stereocenters. The van der Waals surface area contributed by atoms with Gasteiger partial charge in [0.25, 0.3) is 0 Å². The molecule has 2 heterocycles. The fourth-order valence-corrected chi connectivity index (χ4v) is 10.8. The van der Waals surface area contributed by atoms with E-state index in [2.05, 4.69) is 64.5 Å². The van der Waals surface area contributed by atoms with E-state index in [1.54, 1.807) is 0 Å². The van der Waals surface area contributed by atoms with E-state index in [0.29, 0.717) is 9.08 Å². The Bertz CT molecular complexity index is 453. The maximum absolute atomic E-state index is 3.20. The summed E-state index contributed by atoms with van der Waals surface area (Å²) in [6.45, 7) is 15.9. The molecule has 0 aromatic rings. The number of hydrogen-bond donors (Lipinski definition) is 0. The summed E-state index contributed by atoms with van der Waals surface area (Å²) in [6, 6.07) is 0. The van der Waals surface area contributed by atoms with Crippen LogP contribution < -0.4 is 21.2 Å². The molecule has 2 aliphatic heterocycles. The Morgan fingerprint density at radius 2 is 1.74 bits per heavy atom. The molecule has 1 fully saturated rings. The van der Waals surface area contributed by atoms with Crippen LogP contribution >= 0.6 is 10.5 Å². The van der Waals surface area contributed by atoms with Gasteiger partial charge < -0.3 is 0 Å². The van der Waals surface area contributed by atoms with Crippen LogP contribution in [-0.2, 0) is 0 Å². The van der Waals surface area contributed by atoms with Crippen molar-refractivity contribution in [1.82, 2.24) is 0 Å². The molecule has 2 rings (SSSR count). The second kappa shape index (κ2) is 5.03. The van der Waals surface area contributed by atoms with E-state index in [1.165, 1.54) is 15.5 Å². The molecular formula is C16H28INS. The van der Waals surface area contributed by atoms with Gasteiger partial charge in [-0.25, -0.2) is 0 Å². The molecule has 19 heavy (non-hydrogen) atoms. The average molecular weight is 393 g/mol. The Morgan fingerprint density at radius 1 is 1.21 bits per heavy atom. The summed E-state index contributed by atoms with van der Waals surface area (Å²) in [5.74, 6) is 1.51. The molecular weight excluding hydrogens is 365 g/mol. The van der Waals surface area contributed by atoms with E-state index in [0.717, 1.165) is 11.8 Å². The fraction of sp³-hybridized carbons (Fsp3) is 0.812. The Labute approximate surface area is 132 Å². The summed E-state index contributed by atoms with van der Waals surface area (Å²) < 4.78 is 3.20. The number of alkyl halides is 2. The number of likely N-dealkylation sites (N-methyl/N-ethyl adjacent to an activating group) is 1. The van der Waals surface area contributed by atoms with Crippen LogP contribution in [0.3, 0.4) is 0 Å². The number of hydrogen-bond acceptors (Lipinski definition) is 0. The summed E-state index contributed by atoms with van der Waals surface area (Å²) in [5, 5.41) is 8.86. The Hall–Kier alpha value is 0.470. The number of quaternary nitrogens is 1. The molecule has 0 bridgehead atoms. The van der Waals surface area contributed by atoms with Crippen LogP contribution in [0.15, 0.2) is 0 Å². The van der Waals surface area contributed by atoms with Crippen molar-refractivity contribution in [2.45, 2.75) is 50.6 Å². The van der Waals surface area contributed by atoms with Gasteiger partial charge in [-0.15, -0.1) is 0 Å². The van der Waals surface area contributed by atoms with Gasteiger partial charge in [-0.1, -0.05) is 0 Å². The minimum absolute atomic E-state index is 0.203. The normalized spacial score (nSPS) is 35.4. The summed E-state index contributed by atoms with van der Waals surface area (Å²) >= 11 is 0.252. The van der Waals surface area contributed by atoms with Crippen molar-refractivity contribution in [1.29, 1.82) is 0 Å². The first kappa shape index (κ1) is 15.9. The Balaban J connectivity index is 2.35. The van der Waals surface area contributed by atoms with Crippen LogP contribution in [0, 0.1) is 22.3 Å². The van der Waals surface area contributed by atoms with E-state index in [1.807, 2.05) is 0 Å². The van der Waals surface area contributed by atoms with Crippen molar-refractivity contribution in [2.24, 2.45) is 11.8 Å². The molecule has 0 saturated carbocycles. The molecule has 1 nitrogen and oxygen atoms in total. The van der Waals surface area contributed by atoms with Gasteiger partial charge in [-0.2, -0.15) is 0 Å². The zero-order valence-electron chi connectivity index (χ0n) is 13.4. The maximum atomic E-state index is 3.20. The average Bonchev–Trinajstić information content (AvgIpc) is 3.15. The topological polar surface area (TPSA) is 0 Å². The number of nitrogens with zero attached hydrogens (tertiary/aromatic N) is 1. The van der Waals surface area contributed by atoms with Crippen LogP contribution in [0.1, 0.15) is 41.5 Å². The second-order valence-corrected chi connectivity index (χ2v) is 12.4. The van der Waals surface area contributed by atoms with E-state index in [4.69, 9.17) is 0 Å². The van der Waals surface area contributed by atoms with Crippen molar-refractivity contribution in [3.63, 3.8) is 0 Å². The SMILES string of the molecule is CC[I-][C@@]1(C)C(C(C)C)(C(C)C)[N+]1(C)CC=S1C#C1. The van der Waals surface area contributed by atoms with Crippen molar-refractivity contribution in [2.75, 3.05) is 18.0 Å². The molecule has 110 valence electrons. The molecule has 0 amide bonds. The van der Waals surface area contributed by atoms with E-state index >= 15 is 0 Å². The molecule has 0 N–H and O–H groups in total. The molecule has 3 heteroatoms. The first-order valence-electron chi connectivity index (χ1n) is 7.31. The van der Waals surface area contributed by atoms with Gasteiger partial charge in [-0.3, -0.25) is 0 Å². The van der Waals surface area contributed by atoms with Gasteiger partial charge in [0.1, 0.15) is 0 Å². The Kier molecular flexibility index (Phi) is 4.20. The summed E-state index contributed by atoms with van der Waals surface area (Å²) in [7, 11) is 2.72. The Morgan fingerprint density at radius 3 is 2.11 bits per heavy atom. The van der Waals surface area contributed by atoms with Gasteiger partial charge >= 0.3 is 133 Å². The van der Waals surface area contributed by atoms with E-state index < -0.39 is 0 Å². The molecule has 0 radical (unpaired) electrons. The van der Waals surface area contributed by atoms with E-state index in [-0.39, 0.29) is 31.7 Å². The first-order valence-corrected chi connectivity index (χ1v) is 11.2. The number of rotatable bonds is 6. The quantitative estimate of drug-likeness (QED) is 0.116.